The first kappa shape index (κ1) is 21.4. The number of aryl methyl sites for hydroxylation is 2. The van der Waals surface area contributed by atoms with Gasteiger partial charge in [-0.1, -0.05) is 42.5 Å². The van der Waals surface area contributed by atoms with Gasteiger partial charge in [0.25, 0.3) is 0 Å². The number of nitrogens with two attached hydrogens (primary N) is 1. The fraction of sp³-hybridized carbons (Fsp3) is 0.160. The number of para-hydroxylation sites is 2. The van der Waals surface area contributed by atoms with E-state index in [-0.39, 0.29) is 11.2 Å². The zero-order valence-corrected chi connectivity index (χ0v) is 19.9. The summed E-state index contributed by atoms with van der Waals surface area (Å²) in [4.78, 5) is 1.10. The highest BCUT2D eigenvalue weighted by molar-refractivity contribution is 7.80. The molecule has 0 saturated heterocycles. The van der Waals surface area contributed by atoms with Gasteiger partial charge in [0.1, 0.15) is 5.75 Å². The zero-order chi connectivity index (χ0) is 22.9. The van der Waals surface area contributed by atoms with Crippen molar-refractivity contribution in [3.63, 3.8) is 0 Å². The van der Waals surface area contributed by atoms with E-state index in [1.807, 2.05) is 84.6 Å². The van der Waals surface area contributed by atoms with Crippen molar-refractivity contribution in [2.75, 3.05) is 0 Å². The normalized spacial score (nSPS) is 15.5. The van der Waals surface area contributed by atoms with Gasteiger partial charge in [0.2, 0.25) is 5.88 Å². The van der Waals surface area contributed by atoms with Crippen molar-refractivity contribution in [1.82, 2.24) is 14.8 Å². The van der Waals surface area contributed by atoms with Crippen molar-refractivity contribution in [3.05, 3.63) is 93.8 Å². The van der Waals surface area contributed by atoms with Gasteiger partial charge in [0.05, 0.1) is 33.6 Å². The van der Waals surface area contributed by atoms with E-state index in [4.69, 9.17) is 32.9 Å². The SMILES string of the molecule is Cc1ccccc1Oc1c([C@H]2CC(c3cccs3)=NN2C(N)=S)c(C)nn1-c1ccccc1. The number of ether oxygens (including phenoxy) is 1. The van der Waals surface area contributed by atoms with Crippen molar-refractivity contribution in [2.24, 2.45) is 10.8 Å². The van der Waals surface area contributed by atoms with Gasteiger partial charge >= 0.3 is 0 Å². The van der Waals surface area contributed by atoms with E-state index >= 15 is 0 Å². The van der Waals surface area contributed by atoms with Crippen molar-refractivity contribution >= 4 is 34.4 Å². The minimum atomic E-state index is -0.212. The van der Waals surface area contributed by atoms with Crippen LogP contribution in [0.2, 0.25) is 0 Å². The molecule has 0 amide bonds. The summed E-state index contributed by atoms with van der Waals surface area (Å²) in [6.45, 7) is 4.01. The van der Waals surface area contributed by atoms with E-state index in [9.17, 15) is 0 Å². The molecule has 6 nitrogen and oxygen atoms in total. The van der Waals surface area contributed by atoms with E-state index in [2.05, 4.69) is 6.07 Å². The van der Waals surface area contributed by atoms with Crippen molar-refractivity contribution < 1.29 is 4.74 Å². The Bertz CT molecular complexity index is 1330. The Morgan fingerprint density at radius 1 is 1.06 bits per heavy atom. The molecule has 0 radical (unpaired) electrons. The van der Waals surface area contributed by atoms with Crippen LogP contribution in [0.4, 0.5) is 0 Å². The number of benzene rings is 2. The molecule has 2 N–H and O–H groups in total. The Hall–Kier alpha value is -3.49. The number of hydrazone groups is 1. The first-order valence-electron chi connectivity index (χ1n) is 10.6. The molecule has 0 fully saturated rings. The van der Waals surface area contributed by atoms with Crippen LogP contribution in [0.3, 0.4) is 0 Å². The van der Waals surface area contributed by atoms with Gasteiger partial charge in [-0.3, -0.25) is 0 Å². The monoisotopic (exact) mass is 473 g/mol. The van der Waals surface area contributed by atoms with E-state index < -0.39 is 0 Å². The van der Waals surface area contributed by atoms with Crippen LogP contribution in [-0.4, -0.2) is 25.6 Å². The Kier molecular flexibility index (Phi) is 5.70. The highest BCUT2D eigenvalue weighted by Gasteiger charge is 2.37. The highest BCUT2D eigenvalue weighted by atomic mass is 32.1. The van der Waals surface area contributed by atoms with E-state index in [0.29, 0.717) is 12.3 Å². The van der Waals surface area contributed by atoms with Crippen LogP contribution in [-0.2, 0) is 0 Å². The lowest BCUT2D eigenvalue weighted by molar-refractivity contribution is 0.354. The number of aromatic nitrogens is 2. The first-order valence-corrected chi connectivity index (χ1v) is 11.9. The predicted molar refractivity (Wildman–Crippen MR) is 136 cm³/mol. The van der Waals surface area contributed by atoms with Crippen molar-refractivity contribution in [3.8, 4) is 17.3 Å². The quantitative estimate of drug-likeness (QED) is 0.375. The summed E-state index contributed by atoms with van der Waals surface area (Å²) in [5, 5.41) is 13.6. The molecule has 0 aliphatic carbocycles. The van der Waals surface area contributed by atoms with E-state index in [0.717, 1.165) is 38.8 Å². The standard InChI is InChI=1S/C25H23N5OS2/c1-16-9-6-7-12-21(16)31-24-23(17(2)27-29(24)18-10-4-3-5-11-18)20-15-19(22-13-8-14-33-22)28-30(20)25(26)32/h3-14,20H,15H2,1-2H3,(H2,26,32)/t20-/m1/s1. The topological polar surface area (TPSA) is 68.7 Å². The molecule has 2 aromatic carbocycles. The third-order valence-electron chi connectivity index (χ3n) is 5.64. The number of hydrogen-bond acceptors (Lipinski definition) is 5. The molecule has 3 heterocycles. The summed E-state index contributed by atoms with van der Waals surface area (Å²) >= 11 is 7.04. The van der Waals surface area contributed by atoms with Crippen molar-refractivity contribution in [1.29, 1.82) is 0 Å². The first-order chi connectivity index (χ1) is 16.0. The summed E-state index contributed by atoms with van der Waals surface area (Å²) in [5.74, 6) is 1.41. The van der Waals surface area contributed by atoms with Crippen LogP contribution in [0.15, 0.2) is 77.2 Å². The lowest BCUT2D eigenvalue weighted by Crippen LogP contribution is -2.32. The molecule has 8 heteroatoms. The third kappa shape index (κ3) is 4.03. The molecule has 0 unspecified atom stereocenters. The van der Waals surface area contributed by atoms with Gasteiger partial charge in [-0.2, -0.15) is 10.2 Å². The lowest BCUT2D eigenvalue weighted by Gasteiger charge is -2.23. The van der Waals surface area contributed by atoms with Gasteiger partial charge in [-0.15, -0.1) is 11.3 Å². The molecule has 5 rings (SSSR count). The summed E-state index contributed by atoms with van der Waals surface area (Å²) in [5.41, 5.74) is 10.8. The summed E-state index contributed by atoms with van der Waals surface area (Å²) in [6.07, 6.45) is 0.656. The summed E-state index contributed by atoms with van der Waals surface area (Å²) < 4.78 is 8.40. The average molecular weight is 474 g/mol. The molecule has 1 atom stereocenters. The van der Waals surface area contributed by atoms with Crippen LogP contribution in [0.5, 0.6) is 11.6 Å². The lowest BCUT2D eigenvalue weighted by atomic mass is 10.0. The maximum absolute atomic E-state index is 6.55. The van der Waals surface area contributed by atoms with Crippen LogP contribution in [0.25, 0.3) is 5.69 Å². The molecule has 166 valence electrons. The Balaban J connectivity index is 1.65. The Morgan fingerprint density at radius 3 is 2.52 bits per heavy atom. The van der Waals surface area contributed by atoms with Gasteiger partial charge in [-0.25, -0.2) is 9.69 Å². The zero-order valence-electron chi connectivity index (χ0n) is 18.3. The van der Waals surface area contributed by atoms with Crippen molar-refractivity contribution in [2.45, 2.75) is 26.3 Å². The second-order valence-corrected chi connectivity index (χ2v) is 9.21. The molecule has 0 saturated carbocycles. The predicted octanol–water partition coefficient (Wildman–Crippen LogP) is 5.74. The Labute approximate surface area is 201 Å². The summed E-state index contributed by atoms with van der Waals surface area (Å²) in [7, 11) is 0. The van der Waals surface area contributed by atoms with Gasteiger partial charge in [0.15, 0.2) is 5.11 Å². The van der Waals surface area contributed by atoms with Crippen LogP contribution < -0.4 is 10.5 Å². The molecular formula is C25H23N5OS2. The maximum atomic E-state index is 6.55. The minimum Gasteiger partial charge on any atom is -0.438 e. The van der Waals surface area contributed by atoms with E-state index in [1.165, 1.54) is 0 Å². The molecule has 33 heavy (non-hydrogen) atoms. The second kappa shape index (κ2) is 8.80. The number of thiophene rings is 1. The second-order valence-electron chi connectivity index (χ2n) is 7.85. The van der Waals surface area contributed by atoms with Gasteiger partial charge < -0.3 is 10.5 Å². The molecule has 1 aliphatic rings. The van der Waals surface area contributed by atoms with Crippen LogP contribution >= 0.6 is 23.6 Å². The van der Waals surface area contributed by atoms with Gasteiger partial charge in [0, 0.05) is 6.42 Å². The fourth-order valence-corrected chi connectivity index (χ4v) is 4.94. The molecule has 1 aliphatic heterocycles. The smallest absolute Gasteiger partial charge is 0.228 e. The summed E-state index contributed by atoms with van der Waals surface area (Å²) in [6, 6.07) is 21.8. The molecule has 0 bridgehead atoms. The molecular weight excluding hydrogens is 450 g/mol. The van der Waals surface area contributed by atoms with E-state index in [1.54, 1.807) is 16.3 Å². The number of thiocarbonyl (C=S) groups is 1. The number of nitrogens with zero attached hydrogens (tertiary/aromatic N) is 4. The number of rotatable bonds is 5. The Morgan fingerprint density at radius 2 is 1.82 bits per heavy atom. The highest BCUT2D eigenvalue weighted by Crippen LogP contribution is 2.42. The minimum absolute atomic E-state index is 0.212. The molecule has 0 spiro atoms. The maximum Gasteiger partial charge on any atom is 0.228 e. The van der Waals surface area contributed by atoms with Gasteiger partial charge in [-0.05, 0) is 61.3 Å². The largest absolute Gasteiger partial charge is 0.438 e. The molecule has 4 aromatic rings. The fourth-order valence-electron chi connectivity index (χ4n) is 4.05. The van der Waals surface area contributed by atoms with Crippen LogP contribution in [0, 0.1) is 13.8 Å². The number of hydrogen-bond donors (Lipinski definition) is 1. The molecule has 2 aromatic heterocycles. The average Bonchev–Trinajstić information content (AvgIpc) is 3.55. The van der Waals surface area contributed by atoms with Crippen LogP contribution in [0.1, 0.15) is 34.2 Å². The third-order valence-corrected chi connectivity index (χ3v) is 6.74.